The SMILES string of the molecule is CCCCCCCCCCCCCNc1ccc(C(=O)OCC(=O)O)cc1. The van der Waals surface area contributed by atoms with Crippen LogP contribution in [0.1, 0.15) is 87.9 Å². The number of carbonyl (C=O) groups is 2. The van der Waals surface area contributed by atoms with Gasteiger partial charge in [0.05, 0.1) is 5.56 Å². The average molecular weight is 378 g/mol. The zero-order valence-corrected chi connectivity index (χ0v) is 16.7. The second kappa shape index (κ2) is 15.1. The van der Waals surface area contributed by atoms with Gasteiger partial charge in [-0.1, -0.05) is 71.1 Å². The summed E-state index contributed by atoms with van der Waals surface area (Å²) in [6.07, 6.45) is 14.6. The molecule has 0 aromatic heterocycles. The van der Waals surface area contributed by atoms with Gasteiger partial charge in [-0.15, -0.1) is 0 Å². The van der Waals surface area contributed by atoms with Crippen molar-refractivity contribution in [1.29, 1.82) is 0 Å². The minimum atomic E-state index is -1.16. The molecular weight excluding hydrogens is 342 g/mol. The Kier molecular flexibility index (Phi) is 12.8. The van der Waals surface area contributed by atoms with Crippen LogP contribution in [0.25, 0.3) is 0 Å². The molecule has 27 heavy (non-hydrogen) atoms. The van der Waals surface area contributed by atoms with Crippen LogP contribution in [0.15, 0.2) is 24.3 Å². The molecule has 1 aromatic rings. The van der Waals surface area contributed by atoms with Gasteiger partial charge in [0.1, 0.15) is 0 Å². The molecule has 2 N–H and O–H groups in total. The first-order chi connectivity index (χ1) is 13.1. The Hall–Kier alpha value is -2.04. The van der Waals surface area contributed by atoms with Gasteiger partial charge in [0.25, 0.3) is 0 Å². The molecule has 1 rings (SSSR count). The van der Waals surface area contributed by atoms with E-state index in [1.54, 1.807) is 12.1 Å². The zero-order valence-electron chi connectivity index (χ0n) is 16.7. The standard InChI is InChI=1S/C22H35NO4/c1-2-3-4-5-6-7-8-9-10-11-12-17-23-20-15-13-19(14-16-20)22(26)27-18-21(24)25/h13-16,23H,2-12,17-18H2,1H3,(H,24,25). The van der Waals surface area contributed by atoms with Crippen molar-refractivity contribution < 1.29 is 19.4 Å². The lowest BCUT2D eigenvalue weighted by atomic mass is 10.1. The van der Waals surface area contributed by atoms with Gasteiger partial charge < -0.3 is 15.2 Å². The van der Waals surface area contributed by atoms with Crippen LogP contribution < -0.4 is 5.32 Å². The summed E-state index contributed by atoms with van der Waals surface area (Å²) in [6.45, 7) is 2.56. The first-order valence-corrected chi connectivity index (χ1v) is 10.4. The van der Waals surface area contributed by atoms with E-state index in [2.05, 4.69) is 17.0 Å². The molecule has 0 atom stereocenters. The predicted molar refractivity (Wildman–Crippen MR) is 109 cm³/mol. The number of hydrogen-bond acceptors (Lipinski definition) is 4. The largest absolute Gasteiger partial charge is 0.479 e. The van der Waals surface area contributed by atoms with E-state index in [1.807, 2.05) is 12.1 Å². The summed E-state index contributed by atoms with van der Waals surface area (Å²) in [5.74, 6) is -1.78. The molecule has 0 radical (unpaired) electrons. The highest BCUT2D eigenvalue weighted by Gasteiger charge is 2.08. The second-order valence-electron chi connectivity index (χ2n) is 7.01. The number of hydrogen-bond donors (Lipinski definition) is 2. The molecule has 5 heteroatoms. The number of aliphatic carboxylic acids is 1. The third-order valence-electron chi connectivity index (χ3n) is 4.56. The predicted octanol–water partition coefficient (Wildman–Crippen LogP) is 5.65. The van der Waals surface area contributed by atoms with Gasteiger partial charge in [0, 0.05) is 12.2 Å². The third kappa shape index (κ3) is 12.1. The molecule has 0 heterocycles. The van der Waals surface area contributed by atoms with Crippen LogP contribution in [0.4, 0.5) is 5.69 Å². The highest BCUT2D eigenvalue weighted by Crippen LogP contribution is 2.13. The van der Waals surface area contributed by atoms with E-state index in [9.17, 15) is 9.59 Å². The quantitative estimate of drug-likeness (QED) is 0.287. The van der Waals surface area contributed by atoms with Crippen LogP contribution in [0, 0.1) is 0 Å². The summed E-state index contributed by atoms with van der Waals surface area (Å²) in [5.41, 5.74) is 1.31. The van der Waals surface area contributed by atoms with Crippen molar-refractivity contribution in [1.82, 2.24) is 0 Å². The van der Waals surface area contributed by atoms with E-state index in [0.29, 0.717) is 5.56 Å². The fourth-order valence-corrected chi connectivity index (χ4v) is 2.96. The number of carboxylic acid groups (broad SMARTS) is 1. The summed E-state index contributed by atoms with van der Waals surface area (Å²) >= 11 is 0. The maximum absolute atomic E-state index is 11.6. The maximum Gasteiger partial charge on any atom is 0.341 e. The lowest BCUT2D eigenvalue weighted by Gasteiger charge is -2.07. The van der Waals surface area contributed by atoms with Crippen LogP contribution in [0.5, 0.6) is 0 Å². The van der Waals surface area contributed by atoms with Crippen LogP contribution in [-0.4, -0.2) is 30.2 Å². The van der Waals surface area contributed by atoms with Crippen LogP contribution in [0.3, 0.4) is 0 Å². The minimum absolute atomic E-state index is 0.358. The van der Waals surface area contributed by atoms with Gasteiger partial charge in [-0.3, -0.25) is 0 Å². The second-order valence-corrected chi connectivity index (χ2v) is 7.01. The van der Waals surface area contributed by atoms with E-state index in [-0.39, 0.29) is 0 Å². The number of carboxylic acids is 1. The van der Waals surface area contributed by atoms with E-state index in [1.165, 1.54) is 64.2 Å². The number of carbonyl (C=O) groups excluding carboxylic acids is 1. The number of benzene rings is 1. The van der Waals surface area contributed by atoms with Gasteiger partial charge in [-0.25, -0.2) is 9.59 Å². The summed E-state index contributed by atoms with van der Waals surface area (Å²) in [7, 11) is 0. The molecule has 152 valence electrons. The summed E-state index contributed by atoms with van der Waals surface area (Å²) in [5, 5.41) is 11.9. The highest BCUT2D eigenvalue weighted by atomic mass is 16.5. The Balaban J connectivity index is 2.02. The molecule has 0 aliphatic rings. The molecule has 5 nitrogen and oxygen atoms in total. The van der Waals surface area contributed by atoms with Crippen molar-refractivity contribution in [3.8, 4) is 0 Å². The Morgan fingerprint density at radius 2 is 1.37 bits per heavy atom. The number of unbranched alkanes of at least 4 members (excludes halogenated alkanes) is 10. The number of esters is 1. The van der Waals surface area contributed by atoms with Crippen molar-refractivity contribution in [3.05, 3.63) is 29.8 Å². The Labute approximate surface area is 163 Å². The number of rotatable bonds is 16. The Bertz CT molecular complexity index is 528. The van der Waals surface area contributed by atoms with Crippen molar-refractivity contribution in [2.45, 2.75) is 77.6 Å². The normalized spacial score (nSPS) is 10.6. The Morgan fingerprint density at radius 3 is 1.89 bits per heavy atom. The van der Waals surface area contributed by atoms with Gasteiger partial charge in [0.2, 0.25) is 0 Å². The van der Waals surface area contributed by atoms with Crippen molar-refractivity contribution in [3.63, 3.8) is 0 Å². The highest BCUT2D eigenvalue weighted by molar-refractivity contribution is 5.90. The van der Waals surface area contributed by atoms with E-state index < -0.39 is 18.5 Å². The lowest BCUT2D eigenvalue weighted by Crippen LogP contribution is -2.13. The molecule has 0 saturated heterocycles. The van der Waals surface area contributed by atoms with Gasteiger partial charge in [-0.05, 0) is 30.7 Å². The van der Waals surface area contributed by atoms with Crippen molar-refractivity contribution >= 4 is 17.6 Å². The first-order valence-electron chi connectivity index (χ1n) is 10.4. The van der Waals surface area contributed by atoms with Gasteiger partial charge in [0.15, 0.2) is 6.61 Å². The molecule has 0 spiro atoms. The van der Waals surface area contributed by atoms with E-state index in [0.717, 1.165) is 18.7 Å². The number of nitrogens with one attached hydrogen (secondary N) is 1. The lowest BCUT2D eigenvalue weighted by molar-refractivity contribution is -0.140. The fourth-order valence-electron chi connectivity index (χ4n) is 2.96. The molecular formula is C22H35NO4. The van der Waals surface area contributed by atoms with Crippen LogP contribution >= 0.6 is 0 Å². The van der Waals surface area contributed by atoms with Crippen LogP contribution in [0.2, 0.25) is 0 Å². The van der Waals surface area contributed by atoms with Crippen molar-refractivity contribution in [2.75, 3.05) is 18.5 Å². The first kappa shape index (κ1) is 23.0. The maximum atomic E-state index is 11.6. The van der Waals surface area contributed by atoms with Crippen molar-refractivity contribution in [2.24, 2.45) is 0 Å². The smallest absolute Gasteiger partial charge is 0.341 e. The minimum Gasteiger partial charge on any atom is -0.479 e. The molecule has 0 aliphatic carbocycles. The van der Waals surface area contributed by atoms with Gasteiger partial charge in [-0.2, -0.15) is 0 Å². The summed E-state index contributed by atoms with van der Waals surface area (Å²) in [6, 6.07) is 6.92. The third-order valence-corrected chi connectivity index (χ3v) is 4.56. The molecule has 0 saturated carbocycles. The van der Waals surface area contributed by atoms with Crippen LogP contribution in [-0.2, 0) is 9.53 Å². The molecule has 0 aliphatic heterocycles. The number of ether oxygens (including phenoxy) is 1. The van der Waals surface area contributed by atoms with E-state index >= 15 is 0 Å². The summed E-state index contributed by atoms with van der Waals surface area (Å²) in [4.78, 5) is 22.0. The zero-order chi connectivity index (χ0) is 19.7. The Morgan fingerprint density at radius 1 is 0.852 bits per heavy atom. The topological polar surface area (TPSA) is 75.6 Å². The molecule has 1 aromatic carbocycles. The van der Waals surface area contributed by atoms with E-state index in [4.69, 9.17) is 5.11 Å². The molecule has 0 bridgehead atoms. The average Bonchev–Trinajstić information content (AvgIpc) is 2.67. The molecule has 0 fully saturated rings. The van der Waals surface area contributed by atoms with Gasteiger partial charge >= 0.3 is 11.9 Å². The summed E-state index contributed by atoms with van der Waals surface area (Å²) < 4.78 is 4.65. The fraction of sp³-hybridized carbons (Fsp3) is 0.636. The molecule has 0 unspecified atom stereocenters. The monoisotopic (exact) mass is 377 g/mol. The number of anilines is 1. The molecule has 0 amide bonds.